The van der Waals surface area contributed by atoms with Crippen LogP contribution in [0.3, 0.4) is 0 Å². The molecule has 0 aromatic heterocycles. The van der Waals surface area contributed by atoms with Crippen LogP contribution in [-0.2, 0) is 28.9 Å². The van der Waals surface area contributed by atoms with Gasteiger partial charge in [0.1, 0.15) is 0 Å². The van der Waals surface area contributed by atoms with E-state index in [-0.39, 0.29) is 11.8 Å². The highest BCUT2D eigenvalue weighted by atomic mass is 35.5. The van der Waals surface area contributed by atoms with Gasteiger partial charge < -0.3 is 10.2 Å². The third kappa shape index (κ3) is 6.89. The van der Waals surface area contributed by atoms with Gasteiger partial charge in [-0.1, -0.05) is 89.9 Å². The maximum absolute atomic E-state index is 13.6. The molecule has 1 N–H and O–H groups in total. The number of halogens is 2. The van der Waals surface area contributed by atoms with Crippen molar-refractivity contribution in [2.24, 2.45) is 5.41 Å². The Morgan fingerprint density at radius 2 is 1.42 bits per heavy atom. The third-order valence-electron chi connectivity index (χ3n) is 7.09. The molecule has 0 atom stereocenters. The van der Waals surface area contributed by atoms with Crippen molar-refractivity contribution < 1.29 is 9.59 Å². The first-order valence-electron chi connectivity index (χ1n) is 12.5. The van der Waals surface area contributed by atoms with Gasteiger partial charge in [0.25, 0.3) is 0 Å². The minimum Gasteiger partial charge on any atom is -0.355 e. The average molecular weight is 524 g/mol. The molecule has 2 amide bonds. The van der Waals surface area contributed by atoms with Crippen molar-refractivity contribution in [2.75, 3.05) is 19.6 Å². The van der Waals surface area contributed by atoms with E-state index in [0.29, 0.717) is 61.8 Å². The van der Waals surface area contributed by atoms with Crippen molar-refractivity contribution in [3.63, 3.8) is 0 Å². The highest BCUT2D eigenvalue weighted by Gasteiger charge is 2.42. The molecule has 0 aliphatic carbocycles. The average Bonchev–Trinajstić information content (AvgIpc) is 2.91. The van der Waals surface area contributed by atoms with Crippen LogP contribution >= 0.6 is 23.2 Å². The van der Waals surface area contributed by atoms with Gasteiger partial charge in [-0.3, -0.25) is 9.59 Å². The molecule has 0 saturated carbocycles. The Kier molecular flexibility index (Phi) is 9.06. The smallest absolute Gasteiger partial charge is 0.226 e. The van der Waals surface area contributed by atoms with E-state index in [1.807, 2.05) is 53.4 Å². The van der Waals surface area contributed by atoms with Crippen molar-refractivity contribution >= 4 is 35.0 Å². The molecular weight excluding hydrogens is 491 g/mol. The molecule has 1 fully saturated rings. The minimum absolute atomic E-state index is 0.0581. The minimum atomic E-state index is -0.533. The number of benzene rings is 3. The van der Waals surface area contributed by atoms with Crippen LogP contribution in [0.2, 0.25) is 10.0 Å². The number of carbonyl (C=O) groups excluding carboxylic acids is 2. The molecule has 4 rings (SSSR count). The van der Waals surface area contributed by atoms with Gasteiger partial charge >= 0.3 is 0 Å². The summed E-state index contributed by atoms with van der Waals surface area (Å²) >= 11 is 12.2. The Hall–Kier alpha value is -2.82. The molecular formula is C30H32Cl2N2O2. The SMILES string of the molecule is O=C(CCc1ccccc1)N1CCC(Cc2ccccc2)(C(=O)NCCc2ccc(Cl)c(Cl)c2)CC1. The predicted molar refractivity (Wildman–Crippen MR) is 146 cm³/mol. The van der Waals surface area contributed by atoms with E-state index < -0.39 is 5.41 Å². The monoisotopic (exact) mass is 522 g/mol. The van der Waals surface area contributed by atoms with Crippen LogP contribution in [0.15, 0.2) is 78.9 Å². The summed E-state index contributed by atoms with van der Waals surface area (Å²) < 4.78 is 0. The number of nitrogens with one attached hydrogen (secondary N) is 1. The lowest BCUT2D eigenvalue weighted by Gasteiger charge is -2.41. The molecule has 0 radical (unpaired) electrons. The number of rotatable bonds is 9. The number of piperidine rings is 1. The first kappa shape index (κ1) is 26.2. The molecule has 1 aliphatic heterocycles. The van der Waals surface area contributed by atoms with Gasteiger partial charge in [-0.05, 0) is 60.9 Å². The molecule has 0 unspecified atom stereocenters. The van der Waals surface area contributed by atoms with Crippen LogP contribution in [0.4, 0.5) is 0 Å². The topological polar surface area (TPSA) is 49.4 Å². The van der Waals surface area contributed by atoms with Crippen molar-refractivity contribution in [3.05, 3.63) is 106 Å². The van der Waals surface area contributed by atoms with E-state index in [4.69, 9.17) is 23.2 Å². The Morgan fingerprint density at radius 1 is 0.778 bits per heavy atom. The number of hydrogen-bond donors (Lipinski definition) is 1. The van der Waals surface area contributed by atoms with Crippen molar-refractivity contribution in [3.8, 4) is 0 Å². The van der Waals surface area contributed by atoms with Crippen LogP contribution in [0.1, 0.15) is 36.0 Å². The van der Waals surface area contributed by atoms with Gasteiger partial charge in [0, 0.05) is 26.1 Å². The van der Waals surface area contributed by atoms with Crippen LogP contribution in [0, 0.1) is 5.41 Å². The molecule has 1 saturated heterocycles. The number of amides is 2. The zero-order valence-electron chi connectivity index (χ0n) is 20.4. The highest BCUT2D eigenvalue weighted by molar-refractivity contribution is 6.42. The molecule has 3 aromatic carbocycles. The number of likely N-dealkylation sites (tertiary alicyclic amines) is 1. The normalized spacial score (nSPS) is 14.9. The Labute approximate surface area is 223 Å². The molecule has 36 heavy (non-hydrogen) atoms. The number of aryl methyl sites for hydroxylation is 1. The first-order valence-corrected chi connectivity index (χ1v) is 13.3. The maximum atomic E-state index is 13.6. The fourth-order valence-electron chi connectivity index (χ4n) is 4.91. The summed E-state index contributed by atoms with van der Waals surface area (Å²) in [7, 11) is 0. The van der Waals surface area contributed by atoms with Gasteiger partial charge in [-0.2, -0.15) is 0 Å². The molecule has 3 aromatic rings. The van der Waals surface area contributed by atoms with Crippen LogP contribution in [-0.4, -0.2) is 36.3 Å². The second kappa shape index (κ2) is 12.4. The van der Waals surface area contributed by atoms with E-state index in [9.17, 15) is 9.59 Å². The summed E-state index contributed by atoms with van der Waals surface area (Å²) in [5.74, 6) is 0.218. The highest BCUT2D eigenvalue weighted by Crippen LogP contribution is 2.36. The lowest BCUT2D eigenvalue weighted by Crippen LogP contribution is -2.51. The molecule has 0 spiro atoms. The zero-order chi connectivity index (χ0) is 25.4. The number of nitrogens with zero attached hydrogens (tertiary/aromatic N) is 1. The summed E-state index contributed by atoms with van der Waals surface area (Å²) in [5, 5.41) is 4.21. The van der Waals surface area contributed by atoms with Crippen molar-refractivity contribution in [1.82, 2.24) is 10.2 Å². The van der Waals surface area contributed by atoms with Gasteiger partial charge in [0.05, 0.1) is 15.5 Å². The molecule has 6 heteroatoms. The number of hydrogen-bond acceptors (Lipinski definition) is 2. The first-order chi connectivity index (χ1) is 17.4. The van der Waals surface area contributed by atoms with Crippen molar-refractivity contribution in [1.29, 1.82) is 0 Å². The number of carbonyl (C=O) groups is 2. The third-order valence-corrected chi connectivity index (χ3v) is 7.83. The summed E-state index contributed by atoms with van der Waals surface area (Å²) in [6.45, 7) is 1.72. The molecule has 1 aliphatic rings. The Morgan fingerprint density at radius 3 is 2.06 bits per heavy atom. The lowest BCUT2D eigenvalue weighted by molar-refractivity contribution is -0.140. The van der Waals surface area contributed by atoms with Gasteiger partial charge in [-0.15, -0.1) is 0 Å². The quantitative estimate of drug-likeness (QED) is 0.367. The summed E-state index contributed by atoms with van der Waals surface area (Å²) in [6.07, 6.45) is 3.87. The fourth-order valence-corrected chi connectivity index (χ4v) is 5.23. The fraction of sp³-hybridized carbons (Fsp3) is 0.333. The summed E-state index contributed by atoms with van der Waals surface area (Å²) in [6, 6.07) is 25.8. The molecule has 0 bridgehead atoms. The van der Waals surface area contributed by atoms with Crippen LogP contribution < -0.4 is 5.32 Å². The van der Waals surface area contributed by atoms with Crippen molar-refractivity contribution in [2.45, 2.75) is 38.5 Å². The largest absolute Gasteiger partial charge is 0.355 e. The molecule has 1 heterocycles. The Bertz CT molecular complexity index is 1160. The van der Waals surface area contributed by atoms with Gasteiger partial charge in [0.15, 0.2) is 0 Å². The van der Waals surface area contributed by atoms with Crippen LogP contribution in [0.5, 0.6) is 0 Å². The second-order valence-electron chi connectivity index (χ2n) is 9.56. The van der Waals surface area contributed by atoms with Gasteiger partial charge in [-0.25, -0.2) is 0 Å². The molecule has 188 valence electrons. The second-order valence-corrected chi connectivity index (χ2v) is 10.4. The van der Waals surface area contributed by atoms with Gasteiger partial charge in [0.2, 0.25) is 11.8 Å². The van der Waals surface area contributed by atoms with E-state index in [1.165, 1.54) is 5.56 Å². The summed E-state index contributed by atoms with van der Waals surface area (Å²) in [5.41, 5.74) is 2.80. The zero-order valence-corrected chi connectivity index (χ0v) is 21.9. The van der Waals surface area contributed by atoms with Crippen LogP contribution in [0.25, 0.3) is 0 Å². The standard InChI is InChI=1S/C30H32Cl2N2O2/c31-26-13-11-24(21-27(26)32)15-18-33-29(36)30(22-25-9-5-2-6-10-25)16-19-34(20-17-30)28(35)14-12-23-7-3-1-4-8-23/h1-11,13,21H,12,14-20,22H2,(H,33,36). The maximum Gasteiger partial charge on any atom is 0.226 e. The Balaban J connectivity index is 1.37. The predicted octanol–water partition coefficient (Wildman–Crippen LogP) is 6.14. The van der Waals surface area contributed by atoms with E-state index in [1.54, 1.807) is 6.07 Å². The summed E-state index contributed by atoms with van der Waals surface area (Å²) in [4.78, 5) is 28.4. The molecule has 4 nitrogen and oxygen atoms in total. The van der Waals surface area contributed by atoms with E-state index >= 15 is 0 Å². The van der Waals surface area contributed by atoms with E-state index in [2.05, 4.69) is 29.6 Å². The lowest BCUT2D eigenvalue weighted by atomic mass is 9.72. The van der Waals surface area contributed by atoms with E-state index in [0.717, 1.165) is 17.5 Å².